The zero-order chi connectivity index (χ0) is 12.1. The number of carboxylic acid groups (broad SMARTS) is 1. The fourth-order valence-corrected chi connectivity index (χ4v) is 0.921. The van der Waals surface area contributed by atoms with E-state index in [0.29, 0.717) is 0 Å². The summed E-state index contributed by atoms with van der Waals surface area (Å²) in [5.41, 5.74) is 5.00. The number of rotatable bonds is 5. The molecule has 1 aromatic heterocycles. The monoisotopic (exact) mass is 230 g/mol. The molecule has 0 bridgehead atoms. The van der Waals surface area contributed by atoms with E-state index >= 15 is 0 Å². The Bertz CT molecular complexity index is 390. The van der Waals surface area contributed by atoms with Crippen molar-refractivity contribution in [3.8, 4) is 0 Å². The Morgan fingerprint density at radius 3 is 2.75 bits per heavy atom. The lowest BCUT2D eigenvalue weighted by Gasteiger charge is -2.11. The lowest BCUT2D eigenvalue weighted by atomic mass is 10.3. The van der Waals surface area contributed by atoms with Gasteiger partial charge in [-0.05, 0) is 10.3 Å². The second-order valence-electron chi connectivity index (χ2n) is 2.82. The maximum atomic E-state index is 11.4. The third-order valence-electron chi connectivity index (χ3n) is 1.67. The number of aromatic nitrogens is 2. The van der Waals surface area contributed by atoms with E-state index in [1.54, 1.807) is 0 Å². The lowest BCUT2D eigenvalue weighted by molar-refractivity contribution is -0.140. The van der Waals surface area contributed by atoms with Crippen LogP contribution in [-0.2, 0) is 9.53 Å². The average molecular weight is 230 g/mol. The Labute approximate surface area is 89.5 Å². The van der Waals surface area contributed by atoms with Crippen molar-refractivity contribution in [3.63, 3.8) is 0 Å². The molecule has 0 aliphatic carbocycles. The van der Waals surface area contributed by atoms with Crippen molar-refractivity contribution >= 4 is 17.7 Å². The van der Waals surface area contributed by atoms with Crippen molar-refractivity contribution < 1.29 is 24.1 Å². The summed E-state index contributed by atoms with van der Waals surface area (Å²) in [7, 11) is 1.31. The largest absolute Gasteiger partial charge is 0.480 e. The van der Waals surface area contributed by atoms with E-state index in [9.17, 15) is 9.59 Å². The second kappa shape index (κ2) is 5.07. The molecular formula is C7H10N4O5. The first kappa shape index (κ1) is 11.9. The molecular weight excluding hydrogens is 220 g/mol. The number of nitrogens with zero attached hydrogens (tertiary/aromatic N) is 2. The molecule has 0 radical (unpaired) electrons. The molecule has 4 N–H and O–H groups in total. The van der Waals surface area contributed by atoms with E-state index in [2.05, 4.69) is 25.0 Å². The minimum Gasteiger partial charge on any atom is -0.480 e. The maximum absolute atomic E-state index is 11.4. The number of amides is 1. The molecule has 9 heteroatoms. The van der Waals surface area contributed by atoms with Gasteiger partial charge in [-0.25, -0.2) is 9.42 Å². The highest BCUT2D eigenvalue weighted by molar-refractivity contribution is 5.98. The van der Waals surface area contributed by atoms with Crippen LogP contribution in [0.25, 0.3) is 0 Å². The van der Waals surface area contributed by atoms with Crippen molar-refractivity contribution in [3.05, 3.63) is 5.69 Å². The van der Waals surface area contributed by atoms with Gasteiger partial charge in [0.05, 0.1) is 6.61 Å². The van der Waals surface area contributed by atoms with Crippen LogP contribution in [0.3, 0.4) is 0 Å². The number of anilines is 1. The summed E-state index contributed by atoms with van der Waals surface area (Å²) in [6, 6.07) is -1.19. The number of nitrogen functional groups attached to an aromatic ring is 1. The predicted molar refractivity (Wildman–Crippen MR) is 49.5 cm³/mol. The summed E-state index contributed by atoms with van der Waals surface area (Å²) in [5.74, 6) is -2.23. The van der Waals surface area contributed by atoms with Crippen LogP contribution in [-0.4, -0.2) is 47.1 Å². The zero-order valence-corrected chi connectivity index (χ0v) is 8.34. The van der Waals surface area contributed by atoms with Crippen LogP contribution in [0.4, 0.5) is 5.82 Å². The Balaban J connectivity index is 2.69. The first-order valence-electron chi connectivity index (χ1n) is 4.17. The number of nitrogens with two attached hydrogens (primary N) is 1. The molecule has 16 heavy (non-hydrogen) atoms. The number of hydrogen-bond acceptors (Lipinski definition) is 7. The topological polar surface area (TPSA) is 141 Å². The summed E-state index contributed by atoms with van der Waals surface area (Å²) >= 11 is 0. The number of carbonyl (C=O) groups excluding carboxylic acids is 1. The number of methoxy groups -OCH3 is 1. The van der Waals surface area contributed by atoms with Crippen molar-refractivity contribution in [1.82, 2.24) is 15.6 Å². The molecule has 0 saturated carbocycles. The van der Waals surface area contributed by atoms with Crippen molar-refractivity contribution in [2.45, 2.75) is 6.04 Å². The van der Waals surface area contributed by atoms with Crippen molar-refractivity contribution in [1.29, 1.82) is 0 Å². The van der Waals surface area contributed by atoms with Gasteiger partial charge in [-0.15, -0.1) is 0 Å². The van der Waals surface area contributed by atoms with Gasteiger partial charge in [0.1, 0.15) is 0 Å². The van der Waals surface area contributed by atoms with Crippen molar-refractivity contribution in [2.24, 2.45) is 0 Å². The van der Waals surface area contributed by atoms with Crippen LogP contribution in [0.1, 0.15) is 10.5 Å². The van der Waals surface area contributed by atoms with Gasteiger partial charge in [0.2, 0.25) is 11.5 Å². The fourth-order valence-electron chi connectivity index (χ4n) is 0.921. The molecule has 0 aromatic carbocycles. The molecule has 0 aliphatic rings. The highest BCUT2D eigenvalue weighted by Crippen LogP contribution is 2.03. The zero-order valence-electron chi connectivity index (χ0n) is 8.34. The number of ether oxygens (including phenoxy) is 1. The Morgan fingerprint density at radius 1 is 1.62 bits per heavy atom. The van der Waals surface area contributed by atoms with Gasteiger partial charge in [0.15, 0.2) is 6.04 Å². The van der Waals surface area contributed by atoms with Gasteiger partial charge in [-0.3, -0.25) is 4.79 Å². The normalized spacial score (nSPS) is 12.1. The molecule has 1 aromatic rings. The smallest absolute Gasteiger partial charge is 0.328 e. The molecule has 1 amide bonds. The minimum atomic E-state index is -1.23. The number of hydrogen-bond donors (Lipinski definition) is 3. The van der Waals surface area contributed by atoms with Gasteiger partial charge in [-0.1, -0.05) is 0 Å². The highest BCUT2D eigenvalue weighted by atomic mass is 16.6. The fraction of sp³-hybridized carbons (Fsp3) is 0.429. The molecule has 1 rings (SSSR count). The molecule has 1 unspecified atom stereocenters. The first-order valence-corrected chi connectivity index (χ1v) is 4.17. The van der Waals surface area contributed by atoms with E-state index in [1.807, 2.05) is 0 Å². The summed E-state index contributed by atoms with van der Waals surface area (Å²) in [4.78, 5) is 22.1. The van der Waals surface area contributed by atoms with Crippen LogP contribution in [0.15, 0.2) is 4.63 Å². The van der Waals surface area contributed by atoms with E-state index in [1.165, 1.54) is 7.11 Å². The van der Waals surface area contributed by atoms with Gasteiger partial charge in [-0.2, -0.15) is 0 Å². The molecule has 0 saturated heterocycles. The Morgan fingerprint density at radius 2 is 2.31 bits per heavy atom. The summed E-state index contributed by atoms with van der Waals surface area (Å²) in [5, 5.41) is 17.3. The number of carbonyl (C=O) groups is 2. The predicted octanol–water partition coefficient (Wildman–Crippen LogP) is -1.52. The van der Waals surface area contributed by atoms with E-state index < -0.39 is 17.9 Å². The lowest BCUT2D eigenvalue weighted by Crippen LogP contribution is -2.44. The van der Waals surface area contributed by atoms with Crippen LogP contribution in [0.5, 0.6) is 0 Å². The van der Waals surface area contributed by atoms with Gasteiger partial charge < -0.3 is 20.9 Å². The Kier molecular flexibility index (Phi) is 3.78. The molecule has 0 aliphatic heterocycles. The van der Waals surface area contributed by atoms with Crippen LogP contribution in [0.2, 0.25) is 0 Å². The summed E-state index contributed by atoms with van der Waals surface area (Å²) in [6.07, 6.45) is 0. The third-order valence-corrected chi connectivity index (χ3v) is 1.67. The number of nitrogens with one attached hydrogen (secondary N) is 1. The van der Waals surface area contributed by atoms with E-state index in [0.717, 1.165) is 0 Å². The standard InChI is InChI=1S/C7H10N4O5/c1-15-2-3(7(13)14)9-6(12)4-5(8)11-16-10-4/h3H,2H2,1H3,(H2,8,11)(H,9,12)(H,13,14). The third kappa shape index (κ3) is 2.67. The van der Waals surface area contributed by atoms with Gasteiger partial charge >= 0.3 is 5.97 Å². The maximum Gasteiger partial charge on any atom is 0.328 e. The SMILES string of the molecule is COCC(NC(=O)c1nonc1N)C(=O)O. The number of carboxylic acids is 1. The van der Waals surface area contributed by atoms with Crippen LogP contribution in [0, 0.1) is 0 Å². The molecule has 0 fully saturated rings. The van der Waals surface area contributed by atoms with Gasteiger partial charge in [0, 0.05) is 7.11 Å². The van der Waals surface area contributed by atoms with E-state index in [4.69, 9.17) is 10.8 Å². The number of aliphatic carboxylic acids is 1. The van der Waals surface area contributed by atoms with Crippen molar-refractivity contribution in [2.75, 3.05) is 19.5 Å². The second-order valence-corrected chi connectivity index (χ2v) is 2.82. The molecule has 0 spiro atoms. The van der Waals surface area contributed by atoms with Crippen LogP contribution >= 0.6 is 0 Å². The quantitative estimate of drug-likeness (QED) is 0.553. The molecule has 1 atom stereocenters. The molecule has 88 valence electrons. The average Bonchev–Trinajstić information content (AvgIpc) is 2.63. The molecule has 1 heterocycles. The van der Waals surface area contributed by atoms with Crippen LogP contribution < -0.4 is 11.1 Å². The summed E-state index contributed by atoms with van der Waals surface area (Å²) < 4.78 is 8.83. The van der Waals surface area contributed by atoms with E-state index in [-0.39, 0.29) is 18.1 Å². The Hall–Kier alpha value is -2.16. The highest BCUT2D eigenvalue weighted by Gasteiger charge is 2.24. The minimum absolute atomic E-state index is 0.174. The van der Waals surface area contributed by atoms with Gasteiger partial charge in [0.25, 0.3) is 5.91 Å². The first-order chi connectivity index (χ1) is 7.56. The molecule has 9 nitrogen and oxygen atoms in total. The summed E-state index contributed by atoms with van der Waals surface area (Å²) in [6.45, 7) is -0.174.